The van der Waals surface area contributed by atoms with Crippen LogP contribution >= 0.6 is 0 Å². The van der Waals surface area contributed by atoms with Crippen LogP contribution in [-0.4, -0.2) is 39.5 Å². The van der Waals surface area contributed by atoms with Gasteiger partial charge in [0, 0.05) is 48.4 Å². The largest absolute Gasteiger partial charge is 0.494 e. The third-order valence-electron chi connectivity index (χ3n) is 6.11. The third kappa shape index (κ3) is 5.12. The highest BCUT2D eigenvalue weighted by Crippen LogP contribution is 2.32. The summed E-state index contributed by atoms with van der Waals surface area (Å²) >= 11 is 0. The minimum atomic E-state index is -0.325. The smallest absolute Gasteiger partial charge is 0.150 e. The summed E-state index contributed by atoms with van der Waals surface area (Å²) in [5.74, 6) is 0.194. The van der Waals surface area contributed by atoms with Crippen molar-refractivity contribution < 1.29 is 13.9 Å². The Kier molecular flexibility index (Phi) is 6.90. The summed E-state index contributed by atoms with van der Waals surface area (Å²) in [6, 6.07) is 10.8. The van der Waals surface area contributed by atoms with E-state index in [1.165, 1.54) is 12.1 Å². The van der Waals surface area contributed by atoms with Crippen LogP contribution < -0.4 is 9.64 Å². The number of rotatable bonds is 8. The molecule has 0 aliphatic carbocycles. The molecule has 35 heavy (non-hydrogen) atoms. The molecule has 0 spiro atoms. The van der Waals surface area contributed by atoms with Crippen LogP contribution in [0.2, 0.25) is 0 Å². The van der Waals surface area contributed by atoms with Crippen LogP contribution in [0.3, 0.4) is 0 Å². The van der Waals surface area contributed by atoms with Crippen LogP contribution in [0.25, 0.3) is 22.3 Å². The second-order valence-corrected chi connectivity index (χ2v) is 8.69. The molecule has 3 heterocycles. The van der Waals surface area contributed by atoms with E-state index in [0.29, 0.717) is 12.4 Å². The molecule has 8 heteroatoms. The van der Waals surface area contributed by atoms with E-state index in [0.717, 1.165) is 72.5 Å². The fourth-order valence-electron chi connectivity index (χ4n) is 4.45. The molecule has 2 aromatic heterocycles. The lowest BCUT2D eigenvalue weighted by atomic mass is 10.2. The van der Waals surface area contributed by atoms with E-state index in [2.05, 4.69) is 21.9 Å². The maximum absolute atomic E-state index is 14.4. The SMILES string of the molecule is CCCN(c1cc(F)cc(OCC)c1)c1ccc2ncc(-c3cnn(C4CCCCO4)c3)nc2c1. The number of fused-ring (bicyclic) bond motifs is 1. The van der Waals surface area contributed by atoms with Crippen molar-refractivity contribution in [1.29, 1.82) is 0 Å². The molecule has 5 rings (SSSR count). The van der Waals surface area contributed by atoms with Crippen LogP contribution in [0.5, 0.6) is 5.75 Å². The van der Waals surface area contributed by atoms with Gasteiger partial charge in [0.1, 0.15) is 17.8 Å². The Bertz CT molecular complexity index is 1300. The first kappa shape index (κ1) is 23.2. The van der Waals surface area contributed by atoms with E-state index >= 15 is 0 Å². The molecule has 1 fully saturated rings. The Morgan fingerprint density at radius 2 is 2.00 bits per heavy atom. The fourth-order valence-corrected chi connectivity index (χ4v) is 4.45. The van der Waals surface area contributed by atoms with Crippen LogP contribution in [0.15, 0.2) is 55.0 Å². The molecule has 0 N–H and O–H groups in total. The first-order valence-electron chi connectivity index (χ1n) is 12.3. The predicted molar refractivity (Wildman–Crippen MR) is 134 cm³/mol. The molecule has 0 amide bonds. The lowest BCUT2D eigenvalue weighted by Crippen LogP contribution is -2.18. The molecule has 1 atom stereocenters. The monoisotopic (exact) mass is 475 g/mol. The first-order valence-corrected chi connectivity index (χ1v) is 12.3. The Labute approximate surface area is 204 Å². The Morgan fingerprint density at radius 3 is 2.80 bits per heavy atom. The third-order valence-corrected chi connectivity index (χ3v) is 6.11. The average molecular weight is 476 g/mol. The summed E-state index contributed by atoms with van der Waals surface area (Å²) in [6.45, 7) is 5.96. The molecule has 1 unspecified atom stereocenters. The summed E-state index contributed by atoms with van der Waals surface area (Å²) in [5.41, 5.74) is 4.88. The second kappa shape index (κ2) is 10.4. The van der Waals surface area contributed by atoms with Crippen molar-refractivity contribution in [3.8, 4) is 17.0 Å². The van der Waals surface area contributed by atoms with Crippen molar-refractivity contribution in [3.63, 3.8) is 0 Å². The van der Waals surface area contributed by atoms with Gasteiger partial charge in [-0.1, -0.05) is 6.92 Å². The van der Waals surface area contributed by atoms with Gasteiger partial charge >= 0.3 is 0 Å². The zero-order valence-electron chi connectivity index (χ0n) is 20.2. The minimum Gasteiger partial charge on any atom is -0.494 e. The zero-order valence-corrected chi connectivity index (χ0v) is 20.2. The van der Waals surface area contributed by atoms with Crippen molar-refractivity contribution in [3.05, 3.63) is 60.8 Å². The van der Waals surface area contributed by atoms with E-state index < -0.39 is 0 Å². The normalized spacial score (nSPS) is 15.9. The minimum absolute atomic E-state index is 0.0204. The Morgan fingerprint density at radius 1 is 1.09 bits per heavy atom. The standard InChI is InChI=1S/C27H30FN5O2/c1-3-10-32(22-12-20(28)13-23(14-22)34-4-2)21-8-9-24-25(15-21)31-26(17-29-24)19-16-30-33(18-19)27-7-5-6-11-35-27/h8-9,12-18,27H,3-7,10-11H2,1-2H3. The molecular formula is C27H30FN5O2. The highest BCUT2D eigenvalue weighted by Gasteiger charge is 2.18. The highest BCUT2D eigenvalue weighted by molar-refractivity contribution is 5.82. The summed E-state index contributed by atoms with van der Waals surface area (Å²) in [6.07, 6.45) is 9.64. The van der Waals surface area contributed by atoms with Crippen molar-refractivity contribution in [2.45, 2.75) is 45.8 Å². The van der Waals surface area contributed by atoms with Gasteiger partial charge in [0.05, 0.1) is 35.7 Å². The fraction of sp³-hybridized carbons (Fsp3) is 0.370. The molecule has 0 bridgehead atoms. The molecule has 2 aromatic carbocycles. The molecular weight excluding hydrogens is 445 g/mol. The van der Waals surface area contributed by atoms with Gasteiger partial charge in [0.2, 0.25) is 0 Å². The van der Waals surface area contributed by atoms with Crippen molar-refractivity contribution in [2.75, 3.05) is 24.7 Å². The van der Waals surface area contributed by atoms with Gasteiger partial charge < -0.3 is 14.4 Å². The number of nitrogens with zero attached hydrogens (tertiary/aromatic N) is 5. The van der Waals surface area contributed by atoms with E-state index in [-0.39, 0.29) is 12.0 Å². The first-order chi connectivity index (χ1) is 17.1. The van der Waals surface area contributed by atoms with E-state index in [9.17, 15) is 4.39 Å². The number of hydrogen-bond acceptors (Lipinski definition) is 6. The average Bonchev–Trinajstić information content (AvgIpc) is 3.37. The number of ether oxygens (including phenoxy) is 2. The molecule has 0 radical (unpaired) electrons. The topological polar surface area (TPSA) is 65.3 Å². The molecule has 1 saturated heterocycles. The molecule has 182 valence electrons. The van der Waals surface area contributed by atoms with Crippen molar-refractivity contribution in [2.24, 2.45) is 0 Å². The van der Waals surface area contributed by atoms with Crippen molar-refractivity contribution in [1.82, 2.24) is 19.7 Å². The summed E-state index contributed by atoms with van der Waals surface area (Å²) < 4.78 is 27.6. The Hall–Kier alpha value is -3.52. The van der Waals surface area contributed by atoms with Crippen LogP contribution in [-0.2, 0) is 4.74 Å². The van der Waals surface area contributed by atoms with Gasteiger partial charge in [0.15, 0.2) is 0 Å². The molecule has 1 aliphatic heterocycles. The quantitative estimate of drug-likeness (QED) is 0.299. The number of anilines is 2. The zero-order chi connectivity index (χ0) is 24.2. The Balaban J connectivity index is 1.48. The van der Waals surface area contributed by atoms with Gasteiger partial charge in [-0.15, -0.1) is 0 Å². The molecule has 0 saturated carbocycles. The van der Waals surface area contributed by atoms with Crippen LogP contribution in [0.4, 0.5) is 15.8 Å². The predicted octanol–water partition coefficient (Wildman–Crippen LogP) is 6.28. The summed E-state index contributed by atoms with van der Waals surface area (Å²) in [7, 11) is 0. The summed E-state index contributed by atoms with van der Waals surface area (Å²) in [5, 5.41) is 4.51. The second-order valence-electron chi connectivity index (χ2n) is 8.69. The van der Waals surface area contributed by atoms with Gasteiger partial charge in [-0.3, -0.25) is 4.98 Å². The van der Waals surface area contributed by atoms with Crippen LogP contribution in [0, 0.1) is 5.82 Å². The van der Waals surface area contributed by atoms with Gasteiger partial charge in [-0.05, 0) is 56.9 Å². The van der Waals surface area contributed by atoms with Gasteiger partial charge in [0.25, 0.3) is 0 Å². The number of halogens is 1. The van der Waals surface area contributed by atoms with Crippen molar-refractivity contribution >= 4 is 22.4 Å². The maximum Gasteiger partial charge on any atom is 0.150 e. The maximum atomic E-state index is 14.4. The molecule has 1 aliphatic rings. The number of aromatic nitrogens is 4. The molecule has 7 nitrogen and oxygen atoms in total. The van der Waals surface area contributed by atoms with E-state index in [4.69, 9.17) is 14.5 Å². The lowest BCUT2D eigenvalue weighted by molar-refractivity contribution is -0.0394. The highest BCUT2D eigenvalue weighted by atomic mass is 19.1. The van der Waals surface area contributed by atoms with Gasteiger partial charge in [-0.25, -0.2) is 14.1 Å². The van der Waals surface area contributed by atoms with Crippen LogP contribution in [0.1, 0.15) is 45.8 Å². The lowest BCUT2D eigenvalue weighted by Gasteiger charge is -2.25. The molecule has 4 aromatic rings. The number of benzene rings is 2. The van der Waals surface area contributed by atoms with Gasteiger partial charge in [-0.2, -0.15) is 5.10 Å². The van der Waals surface area contributed by atoms with E-state index in [1.807, 2.05) is 48.3 Å². The number of hydrogen-bond donors (Lipinski definition) is 0. The summed E-state index contributed by atoms with van der Waals surface area (Å²) in [4.78, 5) is 11.6. The van der Waals surface area contributed by atoms with E-state index in [1.54, 1.807) is 6.20 Å².